The van der Waals surface area contributed by atoms with Gasteiger partial charge in [-0.2, -0.15) is 15.1 Å². The van der Waals surface area contributed by atoms with Crippen LogP contribution >= 0.6 is 23.4 Å². The highest BCUT2D eigenvalue weighted by molar-refractivity contribution is 8.26. The van der Waals surface area contributed by atoms with E-state index in [9.17, 15) is 4.79 Å². The van der Waals surface area contributed by atoms with Gasteiger partial charge in [-0.15, -0.1) is 0 Å². The summed E-state index contributed by atoms with van der Waals surface area (Å²) in [6.07, 6.45) is 2.25. The molecule has 0 aromatic heterocycles. The Morgan fingerprint density at radius 3 is 2.49 bits per heavy atom. The van der Waals surface area contributed by atoms with Crippen molar-refractivity contribution in [1.29, 1.82) is 5.41 Å². The third kappa shape index (κ3) is 5.21. The highest BCUT2D eigenvalue weighted by Crippen LogP contribution is 2.38. The normalized spacial score (nSPS) is 16.3. The molecule has 1 N–H and O–H groups in total. The molecule has 0 saturated heterocycles. The Hall–Kier alpha value is -3.30. The van der Waals surface area contributed by atoms with Gasteiger partial charge in [-0.05, 0) is 66.9 Å². The van der Waals surface area contributed by atoms with Crippen molar-refractivity contribution in [3.63, 3.8) is 0 Å². The van der Waals surface area contributed by atoms with E-state index in [0.29, 0.717) is 40.3 Å². The van der Waals surface area contributed by atoms with Crippen molar-refractivity contribution in [2.75, 3.05) is 20.3 Å². The van der Waals surface area contributed by atoms with Gasteiger partial charge in [0.2, 0.25) is 5.17 Å². The summed E-state index contributed by atoms with van der Waals surface area (Å²) >= 11 is 7.80. The fraction of sp³-hybridized carbons (Fsp3) is 0.280. The number of hydrogen-bond acceptors (Lipinski definition) is 7. The first-order chi connectivity index (χ1) is 16.8. The van der Waals surface area contributed by atoms with Gasteiger partial charge in [0, 0.05) is 0 Å². The maximum Gasteiger partial charge on any atom is 0.283 e. The lowest BCUT2D eigenvalue weighted by Crippen LogP contribution is -2.35. The van der Waals surface area contributed by atoms with Gasteiger partial charge in [-0.1, -0.05) is 36.7 Å². The van der Waals surface area contributed by atoms with E-state index in [0.717, 1.165) is 21.9 Å². The summed E-state index contributed by atoms with van der Waals surface area (Å²) in [6, 6.07) is 9.33. The summed E-state index contributed by atoms with van der Waals surface area (Å²) in [4.78, 5) is 16.7. The number of methoxy groups -OCH3 is 1. The number of fused-ring (bicyclic) bond motifs is 1. The molecule has 4 rings (SSSR count). The largest absolute Gasteiger partial charge is 0.493 e. The number of amidine groups is 2. The Bertz CT molecular complexity index is 1270. The predicted molar refractivity (Wildman–Crippen MR) is 140 cm³/mol. The molecule has 0 radical (unpaired) electrons. The van der Waals surface area contributed by atoms with Crippen LogP contribution in [0.1, 0.15) is 30.0 Å². The molecule has 2 aliphatic heterocycles. The number of rotatable bonds is 8. The van der Waals surface area contributed by atoms with Crippen LogP contribution in [0.15, 0.2) is 46.0 Å². The Morgan fingerprint density at radius 1 is 1.14 bits per heavy atom. The minimum atomic E-state index is -0.500. The van der Waals surface area contributed by atoms with Crippen LogP contribution in [0.3, 0.4) is 0 Å². The van der Waals surface area contributed by atoms with Gasteiger partial charge >= 0.3 is 0 Å². The maximum absolute atomic E-state index is 12.6. The lowest BCUT2D eigenvalue weighted by atomic mass is 10.1. The molecule has 0 fully saturated rings. The summed E-state index contributed by atoms with van der Waals surface area (Å²) in [5.41, 5.74) is 2.80. The van der Waals surface area contributed by atoms with Gasteiger partial charge in [0.15, 0.2) is 17.3 Å². The highest BCUT2D eigenvalue weighted by Gasteiger charge is 2.35. The molecule has 8 nitrogen and oxygen atoms in total. The number of benzene rings is 2. The average molecular weight is 513 g/mol. The van der Waals surface area contributed by atoms with Crippen LogP contribution in [0, 0.1) is 19.3 Å². The summed E-state index contributed by atoms with van der Waals surface area (Å²) in [6.45, 7) is 6.54. The van der Waals surface area contributed by atoms with E-state index in [2.05, 4.69) is 10.1 Å². The number of carbonyl (C=O) groups excluding carboxylic acids is 1. The topological polar surface area (TPSA) is 96.6 Å². The van der Waals surface area contributed by atoms with Crippen molar-refractivity contribution in [2.24, 2.45) is 10.1 Å². The quantitative estimate of drug-likeness (QED) is 0.373. The highest BCUT2D eigenvalue weighted by atomic mass is 35.5. The van der Waals surface area contributed by atoms with Crippen molar-refractivity contribution < 1.29 is 19.0 Å². The standard InChI is InChI=1S/C25H25ClN4O4S/c1-5-20-29-30-23(27)17(24(31)28-25(30)35-20)11-16-12-18(26)22(19(13-16)32-4)34-10-9-33-21-14(2)7-6-8-15(21)3/h6-8,11-13,27H,5,9-10H2,1-4H3/b17-11-,27-23?. The number of carbonyl (C=O) groups is 1. The van der Waals surface area contributed by atoms with Crippen molar-refractivity contribution in [3.05, 3.63) is 57.6 Å². The summed E-state index contributed by atoms with van der Waals surface area (Å²) < 4.78 is 17.2. The molecule has 2 aromatic rings. The molecule has 0 unspecified atom stereocenters. The van der Waals surface area contributed by atoms with Crippen LogP contribution in [0.25, 0.3) is 6.08 Å². The monoisotopic (exact) mass is 512 g/mol. The lowest BCUT2D eigenvalue weighted by Gasteiger charge is -2.20. The van der Waals surface area contributed by atoms with Gasteiger partial charge < -0.3 is 14.2 Å². The van der Waals surface area contributed by atoms with Crippen LogP contribution in [-0.4, -0.2) is 47.3 Å². The molecule has 0 atom stereocenters. The molecule has 0 saturated carbocycles. The predicted octanol–water partition coefficient (Wildman–Crippen LogP) is 5.45. The number of thioether (sulfide) groups is 1. The summed E-state index contributed by atoms with van der Waals surface area (Å²) in [7, 11) is 1.51. The Balaban J connectivity index is 1.50. The van der Waals surface area contributed by atoms with E-state index < -0.39 is 5.91 Å². The Morgan fingerprint density at radius 2 is 1.83 bits per heavy atom. The van der Waals surface area contributed by atoms with Crippen LogP contribution in [-0.2, 0) is 4.79 Å². The van der Waals surface area contributed by atoms with E-state index in [1.54, 1.807) is 18.2 Å². The minimum Gasteiger partial charge on any atom is -0.493 e. The van der Waals surface area contributed by atoms with Crippen LogP contribution in [0.4, 0.5) is 0 Å². The van der Waals surface area contributed by atoms with Gasteiger partial charge in [-0.3, -0.25) is 10.2 Å². The molecular weight excluding hydrogens is 488 g/mol. The lowest BCUT2D eigenvalue weighted by molar-refractivity contribution is -0.114. The summed E-state index contributed by atoms with van der Waals surface area (Å²) in [5, 5.41) is 15.7. The molecular formula is C25H25ClN4O4S. The molecule has 0 bridgehead atoms. The molecule has 182 valence electrons. The SMILES string of the molecule is CCC1=NN2C(=N)/C(=C/c3cc(Cl)c(OCCOc4c(C)cccc4C)c(OC)c3)C(=O)N=C2S1. The smallest absolute Gasteiger partial charge is 0.283 e. The Kier molecular flexibility index (Phi) is 7.47. The number of hydrazone groups is 1. The zero-order chi connectivity index (χ0) is 25.1. The van der Waals surface area contributed by atoms with E-state index in [1.165, 1.54) is 23.9 Å². The number of nitrogens with one attached hydrogen (secondary N) is 1. The van der Waals surface area contributed by atoms with Gasteiger partial charge in [-0.25, -0.2) is 0 Å². The third-order valence-electron chi connectivity index (χ3n) is 5.35. The number of hydrogen-bond donors (Lipinski definition) is 1. The molecule has 0 aliphatic carbocycles. The van der Waals surface area contributed by atoms with Crippen LogP contribution < -0.4 is 14.2 Å². The zero-order valence-electron chi connectivity index (χ0n) is 19.8. The summed E-state index contributed by atoms with van der Waals surface area (Å²) in [5.74, 6) is 1.09. The first-order valence-electron chi connectivity index (χ1n) is 11.0. The number of ether oxygens (including phenoxy) is 3. The maximum atomic E-state index is 12.6. The number of nitrogens with zero attached hydrogens (tertiary/aromatic N) is 3. The van der Waals surface area contributed by atoms with Crippen LogP contribution in [0.2, 0.25) is 5.02 Å². The zero-order valence-corrected chi connectivity index (χ0v) is 21.4. The second-order valence-electron chi connectivity index (χ2n) is 7.82. The van der Waals surface area contributed by atoms with Gasteiger partial charge in [0.25, 0.3) is 5.91 Å². The second-order valence-corrected chi connectivity index (χ2v) is 9.27. The third-order valence-corrected chi connectivity index (χ3v) is 6.68. The van der Waals surface area contributed by atoms with E-state index in [1.807, 2.05) is 39.0 Å². The number of aliphatic imine (C=N–C) groups is 1. The number of amides is 1. The Labute approximate surface area is 213 Å². The van der Waals surface area contributed by atoms with Crippen molar-refractivity contribution >= 4 is 51.4 Å². The van der Waals surface area contributed by atoms with Crippen molar-refractivity contribution in [3.8, 4) is 17.2 Å². The molecule has 0 spiro atoms. The van der Waals surface area contributed by atoms with Crippen LogP contribution in [0.5, 0.6) is 17.2 Å². The van der Waals surface area contributed by atoms with E-state index >= 15 is 0 Å². The fourth-order valence-corrected chi connectivity index (χ4v) is 4.72. The molecule has 10 heteroatoms. The van der Waals surface area contributed by atoms with Crippen molar-refractivity contribution in [1.82, 2.24) is 5.01 Å². The molecule has 2 heterocycles. The molecule has 35 heavy (non-hydrogen) atoms. The average Bonchev–Trinajstić information content (AvgIpc) is 3.25. The van der Waals surface area contributed by atoms with Gasteiger partial charge in [0.05, 0.1) is 17.7 Å². The molecule has 2 aromatic carbocycles. The number of halogens is 1. The van der Waals surface area contributed by atoms with E-state index in [-0.39, 0.29) is 18.0 Å². The first-order valence-corrected chi connectivity index (χ1v) is 12.2. The number of para-hydroxylation sites is 1. The fourth-order valence-electron chi connectivity index (χ4n) is 3.62. The first kappa shape index (κ1) is 24.8. The van der Waals surface area contributed by atoms with Gasteiger partial charge in [0.1, 0.15) is 24.0 Å². The van der Waals surface area contributed by atoms with Crippen molar-refractivity contribution in [2.45, 2.75) is 27.2 Å². The number of aryl methyl sites for hydroxylation is 2. The minimum absolute atomic E-state index is 0.0324. The molecule has 2 aliphatic rings. The van der Waals surface area contributed by atoms with E-state index in [4.69, 9.17) is 31.2 Å². The molecule has 1 amide bonds. The second kappa shape index (κ2) is 10.5.